The molecule has 2 fully saturated rings. The van der Waals surface area contributed by atoms with Gasteiger partial charge in [-0.1, -0.05) is 0 Å². The molecule has 176 valence electrons. The topological polar surface area (TPSA) is 121 Å². The van der Waals surface area contributed by atoms with Crippen LogP contribution in [0.5, 0.6) is 0 Å². The molecular formula is C24H27FN8O. The summed E-state index contributed by atoms with van der Waals surface area (Å²) < 4.78 is 13.4. The highest BCUT2D eigenvalue weighted by atomic mass is 19.1. The Balaban J connectivity index is 1.43. The molecule has 0 spiro atoms. The van der Waals surface area contributed by atoms with Crippen LogP contribution in [0.25, 0.3) is 10.8 Å². The number of nitrogens with zero attached hydrogens (tertiary/aromatic N) is 5. The normalized spacial score (nSPS) is 17.1. The molecular weight excluding hydrogens is 435 g/mol. The Kier molecular flexibility index (Phi) is 5.95. The maximum Gasteiger partial charge on any atom is 0.228 e. The summed E-state index contributed by atoms with van der Waals surface area (Å²) in [6.07, 6.45) is 7.23. The fraction of sp³-hybridized carbons (Fsp3) is 0.375. The number of nitrogens with one attached hydrogen (secondary N) is 2. The van der Waals surface area contributed by atoms with Gasteiger partial charge in [-0.05, 0) is 43.9 Å². The highest BCUT2D eigenvalue weighted by Gasteiger charge is 2.30. The van der Waals surface area contributed by atoms with Gasteiger partial charge in [-0.2, -0.15) is 0 Å². The molecule has 1 saturated heterocycles. The quantitative estimate of drug-likeness (QED) is 0.379. The Morgan fingerprint density at radius 1 is 1.09 bits per heavy atom. The van der Waals surface area contributed by atoms with Crippen LogP contribution in [0, 0.1) is 5.92 Å². The summed E-state index contributed by atoms with van der Waals surface area (Å²) in [5.41, 5.74) is 7.94. The van der Waals surface area contributed by atoms with Crippen molar-refractivity contribution in [2.75, 3.05) is 35.7 Å². The SMILES string of the molecule is CNc1ncc(C(N)=Nc2ccc(N3CCC(F)CC3)cn2)c2cc(NC(=O)C3CC3)ncc12. The molecule has 4 heterocycles. The number of piperidine rings is 1. The molecule has 0 aromatic carbocycles. The van der Waals surface area contributed by atoms with Gasteiger partial charge in [0.25, 0.3) is 0 Å². The second-order valence-corrected chi connectivity index (χ2v) is 8.68. The summed E-state index contributed by atoms with van der Waals surface area (Å²) in [6.45, 7) is 1.35. The van der Waals surface area contributed by atoms with Crippen molar-refractivity contribution >= 4 is 45.7 Å². The molecule has 0 radical (unpaired) electrons. The van der Waals surface area contributed by atoms with Crippen molar-refractivity contribution < 1.29 is 9.18 Å². The number of amides is 1. The van der Waals surface area contributed by atoms with Crippen molar-refractivity contribution in [2.24, 2.45) is 16.6 Å². The number of pyridine rings is 3. The molecule has 2 aliphatic rings. The van der Waals surface area contributed by atoms with Gasteiger partial charge in [-0.15, -0.1) is 0 Å². The van der Waals surface area contributed by atoms with E-state index < -0.39 is 6.17 Å². The minimum Gasteiger partial charge on any atom is -0.383 e. The molecule has 0 atom stereocenters. The molecule has 3 aromatic heterocycles. The molecule has 0 bridgehead atoms. The molecule has 1 aliphatic heterocycles. The van der Waals surface area contributed by atoms with Crippen molar-refractivity contribution in [2.45, 2.75) is 31.9 Å². The Morgan fingerprint density at radius 3 is 2.56 bits per heavy atom. The highest BCUT2D eigenvalue weighted by Crippen LogP contribution is 2.31. The number of carbonyl (C=O) groups is 1. The van der Waals surface area contributed by atoms with Gasteiger partial charge in [0.15, 0.2) is 5.82 Å². The molecule has 4 N–H and O–H groups in total. The summed E-state index contributed by atoms with van der Waals surface area (Å²) in [4.78, 5) is 32.1. The van der Waals surface area contributed by atoms with Gasteiger partial charge < -0.3 is 21.3 Å². The predicted octanol–water partition coefficient (Wildman–Crippen LogP) is 3.39. The van der Waals surface area contributed by atoms with Gasteiger partial charge in [-0.3, -0.25) is 4.79 Å². The first-order chi connectivity index (χ1) is 16.5. The number of hydrogen-bond acceptors (Lipinski definition) is 7. The van der Waals surface area contributed by atoms with E-state index in [1.807, 2.05) is 6.07 Å². The number of alkyl halides is 1. The number of aromatic nitrogens is 3. The van der Waals surface area contributed by atoms with Gasteiger partial charge in [0.2, 0.25) is 5.91 Å². The van der Waals surface area contributed by atoms with Crippen LogP contribution in [0.3, 0.4) is 0 Å². The molecule has 1 aliphatic carbocycles. The maximum absolute atomic E-state index is 13.4. The van der Waals surface area contributed by atoms with Crippen LogP contribution in [0.4, 0.5) is 27.5 Å². The van der Waals surface area contributed by atoms with Crippen LogP contribution in [0.15, 0.2) is 41.8 Å². The first-order valence-electron chi connectivity index (χ1n) is 11.5. The van der Waals surface area contributed by atoms with Crippen molar-refractivity contribution in [3.8, 4) is 0 Å². The number of rotatable bonds is 6. The van der Waals surface area contributed by atoms with E-state index in [-0.39, 0.29) is 17.7 Å². The number of carbonyl (C=O) groups excluding carboxylic acids is 1. The molecule has 3 aromatic rings. The van der Waals surface area contributed by atoms with E-state index >= 15 is 0 Å². The lowest BCUT2D eigenvalue weighted by atomic mass is 10.1. The number of hydrogen-bond donors (Lipinski definition) is 3. The lowest BCUT2D eigenvalue weighted by Crippen LogP contribution is -2.34. The summed E-state index contributed by atoms with van der Waals surface area (Å²) in [5.74, 6) is 1.89. The molecule has 1 amide bonds. The van der Waals surface area contributed by atoms with Crippen LogP contribution in [0.2, 0.25) is 0 Å². The maximum atomic E-state index is 13.4. The lowest BCUT2D eigenvalue weighted by molar-refractivity contribution is -0.117. The zero-order valence-corrected chi connectivity index (χ0v) is 19.0. The fourth-order valence-electron chi connectivity index (χ4n) is 4.10. The average molecular weight is 463 g/mol. The fourth-order valence-corrected chi connectivity index (χ4v) is 4.10. The number of fused-ring (bicyclic) bond motifs is 1. The van der Waals surface area contributed by atoms with Gasteiger partial charge in [0.1, 0.15) is 23.6 Å². The molecule has 10 heteroatoms. The largest absolute Gasteiger partial charge is 0.383 e. The number of halogens is 1. The zero-order valence-electron chi connectivity index (χ0n) is 19.0. The molecule has 34 heavy (non-hydrogen) atoms. The van der Waals surface area contributed by atoms with E-state index in [1.54, 1.807) is 37.8 Å². The van der Waals surface area contributed by atoms with Crippen molar-refractivity contribution in [3.63, 3.8) is 0 Å². The number of nitrogens with two attached hydrogens (primary N) is 1. The van der Waals surface area contributed by atoms with Crippen molar-refractivity contribution in [1.82, 2.24) is 15.0 Å². The smallest absolute Gasteiger partial charge is 0.228 e. The number of aliphatic imine (C=N–C) groups is 1. The van der Waals surface area contributed by atoms with Gasteiger partial charge in [0, 0.05) is 54.8 Å². The summed E-state index contributed by atoms with van der Waals surface area (Å²) >= 11 is 0. The van der Waals surface area contributed by atoms with Crippen molar-refractivity contribution in [1.29, 1.82) is 0 Å². The van der Waals surface area contributed by atoms with E-state index in [2.05, 4.69) is 35.5 Å². The van der Waals surface area contributed by atoms with Crippen molar-refractivity contribution in [3.05, 3.63) is 42.4 Å². The van der Waals surface area contributed by atoms with Crippen LogP contribution >= 0.6 is 0 Å². The third kappa shape index (κ3) is 4.61. The monoisotopic (exact) mass is 462 g/mol. The van der Waals surface area contributed by atoms with E-state index in [1.165, 1.54) is 0 Å². The van der Waals surface area contributed by atoms with E-state index in [0.29, 0.717) is 48.9 Å². The Labute approximate surface area is 196 Å². The Morgan fingerprint density at radius 2 is 1.88 bits per heavy atom. The minimum absolute atomic E-state index is 0.0158. The van der Waals surface area contributed by atoms with Crippen LogP contribution in [-0.4, -0.2) is 53.0 Å². The van der Waals surface area contributed by atoms with Gasteiger partial charge in [0.05, 0.1) is 11.9 Å². The predicted molar refractivity (Wildman–Crippen MR) is 131 cm³/mol. The van der Waals surface area contributed by atoms with Crippen LogP contribution < -0.4 is 21.3 Å². The van der Waals surface area contributed by atoms with E-state index in [4.69, 9.17) is 5.73 Å². The summed E-state index contributed by atoms with van der Waals surface area (Å²) in [6, 6.07) is 5.51. The second-order valence-electron chi connectivity index (χ2n) is 8.68. The molecule has 5 rings (SSSR count). The highest BCUT2D eigenvalue weighted by molar-refractivity contribution is 6.12. The van der Waals surface area contributed by atoms with E-state index in [9.17, 15) is 9.18 Å². The zero-order chi connectivity index (χ0) is 23.7. The standard InChI is InChI=1S/C24H27FN8O/c1-27-23-19-13-29-21(32-24(34)14-2-3-14)10-17(19)18(12-30-23)22(26)31-20-5-4-16(11-28-20)33-8-6-15(25)7-9-33/h4-5,10-15H,2-3,6-9H2,1H3,(H,27,30)(H2,26,28,31)(H,29,32,34). The Hall–Kier alpha value is -3.82. The minimum atomic E-state index is -0.719. The second kappa shape index (κ2) is 9.20. The Bertz CT molecular complexity index is 1230. The van der Waals surface area contributed by atoms with E-state index in [0.717, 1.165) is 29.3 Å². The van der Waals surface area contributed by atoms with Gasteiger partial charge >= 0.3 is 0 Å². The third-order valence-corrected chi connectivity index (χ3v) is 6.24. The average Bonchev–Trinajstić information content (AvgIpc) is 3.70. The molecule has 0 unspecified atom stereocenters. The first-order valence-corrected chi connectivity index (χ1v) is 11.5. The number of amidine groups is 1. The summed E-state index contributed by atoms with van der Waals surface area (Å²) in [5, 5.41) is 7.47. The van der Waals surface area contributed by atoms with Gasteiger partial charge in [-0.25, -0.2) is 24.3 Å². The molecule has 9 nitrogen and oxygen atoms in total. The number of anilines is 3. The first kappa shape index (κ1) is 22.0. The lowest BCUT2D eigenvalue weighted by Gasteiger charge is -2.30. The van der Waals surface area contributed by atoms with Crippen LogP contribution in [0.1, 0.15) is 31.2 Å². The third-order valence-electron chi connectivity index (χ3n) is 6.24. The van der Waals surface area contributed by atoms with Crippen LogP contribution in [-0.2, 0) is 4.79 Å². The molecule has 1 saturated carbocycles. The summed E-state index contributed by atoms with van der Waals surface area (Å²) in [7, 11) is 1.78.